The molecule has 1 fully saturated rings. The number of nitrogens with one attached hydrogen (secondary N) is 3. The molecule has 3 atom stereocenters. The fourth-order valence-electron chi connectivity index (χ4n) is 4.56. The van der Waals surface area contributed by atoms with Crippen molar-refractivity contribution in [1.29, 1.82) is 0 Å². The summed E-state index contributed by atoms with van der Waals surface area (Å²) in [5, 5.41) is 10.9. The number of hydrogen-bond acceptors (Lipinski definition) is 7. The summed E-state index contributed by atoms with van der Waals surface area (Å²) in [6, 6.07) is 19.6. The van der Waals surface area contributed by atoms with Gasteiger partial charge in [-0.3, -0.25) is 19.9 Å². The first-order valence-corrected chi connectivity index (χ1v) is 14.2. The molecule has 0 spiro atoms. The monoisotopic (exact) mass is 532 g/mol. The lowest BCUT2D eigenvalue weighted by atomic mass is 9.89. The van der Waals surface area contributed by atoms with Gasteiger partial charge >= 0.3 is 5.97 Å². The van der Waals surface area contributed by atoms with Crippen LogP contribution in [0, 0.1) is 5.92 Å². The van der Waals surface area contributed by atoms with Gasteiger partial charge in [-0.25, -0.2) is 0 Å². The van der Waals surface area contributed by atoms with Crippen LogP contribution in [0.1, 0.15) is 51.5 Å². The number of anilines is 1. The molecular weight excluding hydrogens is 496 g/mol. The van der Waals surface area contributed by atoms with E-state index in [2.05, 4.69) is 20.9 Å². The van der Waals surface area contributed by atoms with E-state index in [0.717, 1.165) is 47.8 Å². The van der Waals surface area contributed by atoms with Crippen molar-refractivity contribution >= 4 is 46.3 Å². The standard InChI is InChI=1S/C30H36N4O3S/c1-21(32-27(35)19-18-23-11-5-3-6-12-23)33-30(34-26-17-9-15-24-16-10-20-31-28(24)26)38-22(2)37-29(36)25-13-7-4-8-14-25/h3,5-6,9-12,15-22,25,30,33-34H,4,7-8,13-14H2,1-2H3,(H,32,35)/b19-18+. The largest absolute Gasteiger partial charge is 0.451 e. The maximum atomic E-state index is 12.7. The maximum Gasteiger partial charge on any atom is 0.310 e. The number of thioether (sulfide) groups is 1. The fraction of sp³-hybridized carbons (Fsp3) is 0.367. The molecule has 0 radical (unpaired) electrons. The molecule has 3 N–H and O–H groups in total. The van der Waals surface area contributed by atoms with Crippen LogP contribution in [0.25, 0.3) is 17.0 Å². The second kappa shape index (κ2) is 14.0. The Balaban J connectivity index is 1.42. The second-order valence-corrected chi connectivity index (χ2v) is 10.9. The molecule has 4 rings (SSSR count). The van der Waals surface area contributed by atoms with Crippen LogP contribution >= 0.6 is 11.8 Å². The Labute approximate surface area is 228 Å². The molecule has 3 unspecified atom stereocenters. The van der Waals surface area contributed by atoms with Crippen molar-refractivity contribution < 1.29 is 14.3 Å². The SMILES string of the molecule is CC(NC(=O)/C=C/c1ccccc1)NC(Nc1cccc2cccnc12)SC(C)OC(=O)C1CCCCC1. The summed E-state index contributed by atoms with van der Waals surface area (Å²) < 4.78 is 5.83. The number of aromatic nitrogens is 1. The first kappa shape index (κ1) is 27.7. The van der Waals surface area contributed by atoms with Gasteiger partial charge in [-0.05, 0) is 50.5 Å². The van der Waals surface area contributed by atoms with Crippen molar-refractivity contribution in [1.82, 2.24) is 15.6 Å². The highest BCUT2D eigenvalue weighted by atomic mass is 32.2. The minimum atomic E-state index is -0.391. The quantitative estimate of drug-likeness (QED) is 0.161. The zero-order chi connectivity index (χ0) is 26.7. The van der Waals surface area contributed by atoms with Gasteiger partial charge in [-0.1, -0.05) is 79.6 Å². The van der Waals surface area contributed by atoms with E-state index in [9.17, 15) is 9.59 Å². The number of fused-ring (bicyclic) bond motifs is 1. The van der Waals surface area contributed by atoms with Gasteiger partial charge in [0.1, 0.15) is 10.9 Å². The number of amides is 1. The van der Waals surface area contributed by atoms with E-state index in [1.54, 1.807) is 12.3 Å². The smallest absolute Gasteiger partial charge is 0.310 e. The first-order valence-electron chi connectivity index (χ1n) is 13.2. The Morgan fingerprint density at radius 2 is 1.76 bits per heavy atom. The Hall–Kier alpha value is -3.36. The summed E-state index contributed by atoms with van der Waals surface area (Å²) in [6.45, 7) is 3.76. The zero-order valence-corrected chi connectivity index (χ0v) is 22.7. The van der Waals surface area contributed by atoms with Crippen molar-refractivity contribution in [3.05, 3.63) is 78.5 Å². The molecule has 1 amide bonds. The number of pyridine rings is 1. The Bertz CT molecular complexity index is 1230. The summed E-state index contributed by atoms with van der Waals surface area (Å²) in [6.07, 6.45) is 9.85. The van der Waals surface area contributed by atoms with E-state index in [-0.39, 0.29) is 29.5 Å². The molecule has 3 aromatic rings. The van der Waals surface area contributed by atoms with Gasteiger partial charge in [0, 0.05) is 17.7 Å². The predicted molar refractivity (Wildman–Crippen MR) is 155 cm³/mol. The predicted octanol–water partition coefficient (Wildman–Crippen LogP) is 5.90. The highest BCUT2D eigenvalue weighted by Gasteiger charge is 2.26. The van der Waals surface area contributed by atoms with E-state index in [0.29, 0.717) is 0 Å². The third-order valence-electron chi connectivity index (χ3n) is 6.45. The average molecular weight is 533 g/mol. The van der Waals surface area contributed by atoms with Crippen molar-refractivity contribution in [3.63, 3.8) is 0 Å². The number of esters is 1. The molecule has 38 heavy (non-hydrogen) atoms. The van der Waals surface area contributed by atoms with Gasteiger partial charge < -0.3 is 15.4 Å². The van der Waals surface area contributed by atoms with Crippen LogP contribution in [-0.4, -0.2) is 34.0 Å². The van der Waals surface area contributed by atoms with Crippen LogP contribution < -0.4 is 16.0 Å². The number of benzene rings is 2. The molecule has 8 heteroatoms. The summed E-state index contributed by atoms with van der Waals surface area (Å²) in [5.74, 6) is -0.341. The number of nitrogens with zero attached hydrogens (tertiary/aromatic N) is 1. The highest BCUT2D eigenvalue weighted by Crippen LogP contribution is 2.28. The second-order valence-electron chi connectivity index (χ2n) is 9.52. The number of rotatable bonds is 11. The number of para-hydroxylation sites is 1. The third-order valence-corrected chi connectivity index (χ3v) is 7.46. The molecule has 1 saturated carbocycles. The lowest BCUT2D eigenvalue weighted by Gasteiger charge is -2.28. The zero-order valence-electron chi connectivity index (χ0n) is 21.9. The van der Waals surface area contributed by atoms with Crippen molar-refractivity contribution in [2.24, 2.45) is 5.92 Å². The molecular formula is C30H36N4O3S. The minimum Gasteiger partial charge on any atom is -0.451 e. The lowest BCUT2D eigenvalue weighted by Crippen LogP contribution is -2.49. The van der Waals surface area contributed by atoms with Crippen LogP contribution in [0.5, 0.6) is 0 Å². The number of carbonyl (C=O) groups excluding carboxylic acids is 2. The summed E-state index contributed by atoms with van der Waals surface area (Å²) in [7, 11) is 0. The van der Waals surface area contributed by atoms with Crippen LogP contribution in [0.2, 0.25) is 0 Å². The fourth-order valence-corrected chi connectivity index (χ4v) is 5.57. The van der Waals surface area contributed by atoms with Crippen LogP contribution in [0.4, 0.5) is 5.69 Å². The van der Waals surface area contributed by atoms with Crippen LogP contribution in [0.15, 0.2) is 72.9 Å². The molecule has 0 aliphatic heterocycles. The van der Waals surface area contributed by atoms with E-state index < -0.39 is 5.44 Å². The molecule has 0 saturated heterocycles. The molecule has 200 valence electrons. The van der Waals surface area contributed by atoms with E-state index in [1.807, 2.05) is 74.5 Å². The van der Waals surface area contributed by atoms with Crippen molar-refractivity contribution in [3.8, 4) is 0 Å². The topological polar surface area (TPSA) is 92.4 Å². The highest BCUT2D eigenvalue weighted by molar-refractivity contribution is 8.00. The Kier molecular flexibility index (Phi) is 10.2. The average Bonchev–Trinajstić information content (AvgIpc) is 2.93. The van der Waals surface area contributed by atoms with E-state index >= 15 is 0 Å². The molecule has 7 nitrogen and oxygen atoms in total. The molecule has 1 aromatic heterocycles. The summed E-state index contributed by atoms with van der Waals surface area (Å²) in [4.78, 5) is 29.8. The van der Waals surface area contributed by atoms with Crippen molar-refractivity contribution in [2.45, 2.75) is 63.1 Å². The summed E-state index contributed by atoms with van der Waals surface area (Å²) >= 11 is 1.44. The van der Waals surface area contributed by atoms with Crippen molar-refractivity contribution in [2.75, 3.05) is 5.32 Å². The van der Waals surface area contributed by atoms with Gasteiger partial charge in [0.15, 0.2) is 0 Å². The normalized spacial score (nSPS) is 16.6. The Morgan fingerprint density at radius 3 is 2.55 bits per heavy atom. The molecule has 0 bridgehead atoms. The van der Waals surface area contributed by atoms with E-state index in [1.165, 1.54) is 24.3 Å². The van der Waals surface area contributed by atoms with Gasteiger partial charge in [-0.2, -0.15) is 0 Å². The van der Waals surface area contributed by atoms with Gasteiger partial charge in [0.2, 0.25) is 5.91 Å². The molecule has 2 aromatic carbocycles. The minimum absolute atomic E-state index is 0.0111. The van der Waals surface area contributed by atoms with E-state index in [4.69, 9.17) is 4.74 Å². The third kappa shape index (κ3) is 8.33. The van der Waals surface area contributed by atoms with Gasteiger partial charge in [0.05, 0.1) is 23.3 Å². The van der Waals surface area contributed by atoms with Gasteiger partial charge in [0.25, 0.3) is 0 Å². The Morgan fingerprint density at radius 1 is 1.00 bits per heavy atom. The number of carbonyl (C=O) groups is 2. The lowest BCUT2D eigenvalue weighted by molar-refractivity contribution is -0.150. The molecule has 1 aliphatic carbocycles. The summed E-state index contributed by atoms with van der Waals surface area (Å²) in [5.41, 5.74) is 1.89. The molecule has 1 aliphatic rings. The van der Waals surface area contributed by atoms with Gasteiger partial charge in [-0.15, -0.1) is 0 Å². The first-order chi connectivity index (χ1) is 18.5. The molecule has 1 heterocycles. The maximum absolute atomic E-state index is 12.7. The number of hydrogen-bond donors (Lipinski definition) is 3. The van der Waals surface area contributed by atoms with Crippen LogP contribution in [-0.2, 0) is 14.3 Å². The number of ether oxygens (including phenoxy) is 1. The van der Waals surface area contributed by atoms with Crippen LogP contribution in [0.3, 0.4) is 0 Å².